The van der Waals surface area contributed by atoms with Crippen molar-refractivity contribution in [3.05, 3.63) is 21.8 Å². The first-order valence-electron chi connectivity index (χ1n) is 4.60. The summed E-state index contributed by atoms with van der Waals surface area (Å²) in [6, 6.07) is 2.34. The van der Waals surface area contributed by atoms with Crippen molar-refractivity contribution in [1.29, 1.82) is 0 Å². The van der Waals surface area contributed by atoms with Crippen molar-refractivity contribution in [1.82, 2.24) is 4.98 Å². The van der Waals surface area contributed by atoms with Crippen LogP contribution >= 0.6 is 27.5 Å². The van der Waals surface area contributed by atoms with Crippen molar-refractivity contribution in [2.75, 3.05) is 11.9 Å². The largest absolute Gasteiger partial charge is 0.356 e. The number of aromatic nitrogens is 1. The third-order valence-corrected chi connectivity index (χ3v) is 3.16. The van der Waals surface area contributed by atoms with Crippen LogP contribution in [0.3, 0.4) is 0 Å². The maximum Gasteiger partial charge on any atom is 0.142 e. The summed E-state index contributed by atoms with van der Waals surface area (Å²) in [4.78, 5) is 6.43. The molecular formula is C10H14BrClN2. The molecule has 0 fully saturated rings. The molecule has 1 unspecified atom stereocenters. The number of hydrogen-bond acceptors (Lipinski definition) is 2. The molecule has 0 aliphatic heterocycles. The predicted octanol–water partition coefficient (Wildman–Crippen LogP) is 3.73. The summed E-state index contributed by atoms with van der Waals surface area (Å²) < 4.78 is 0.938. The average Bonchev–Trinajstić information content (AvgIpc) is 2.15. The Bertz CT molecular complexity index is 317. The van der Waals surface area contributed by atoms with Gasteiger partial charge in [0.15, 0.2) is 0 Å². The molecule has 1 aromatic rings. The molecule has 0 radical (unpaired) electrons. The van der Waals surface area contributed by atoms with Gasteiger partial charge in [-0.15, -0.1) is 0 Å². The lowest BCUT2D eigenvalue weighted by Gasteiger charge is -2.25. The SMILES string of the molecule is CCC(C)N(C)c1ncc(Cl)cc1Br. The Balaban J connectivity index is 2.95. The minimum absolute atomic E-state index is 0.472. The molecule has 2 nitrogen and oxygen atoms in total. The molecule has 14 heavy (non-hydrogen) atoms. The fourth-order valence-corrected chi connectivity index (χ4v) is 2.07. The fraction of sp³-hybridized carbons (Fsp3) is 0.500. The lowest BCUT2D eigenvalue weighted by Crippen LogP contribution is -2.29. The zero-order chi connectivity index (χ0) is 10.7. The highest BCUT2D eigenvalue weighted by Crippen LogP contribution is 2.27. The summed E-state index contributed by atoms with van der Waals surface area (Å²) in [5.74, 6) is 0.934. The van der Waals surface area contributed by atoms with Crippen LogP contribution in [0, 0.1) is 0 Å². The zero-order valence-electron chi connectivity index (χ0n) is 8.59. The molecule has 0 saturated heterocycles. The van der Waals surface area contributed by atoms with Gasteiger partial charge < -0.3 is 4.90 Å². The van der Waals surface area contributed by atoms with Gasteiger partial charge in [-0.2, -0.15) is 0 Å². The van der Waals surface area contributed by atoms with Crippen molar-refractivity contribution in [3.8, 4) is 0 Å². The van der Waals surface area contributed by atoms with Gasteiger partial charge in [0.25, 0.3) is 0 Å². The quantitative estimate of drug-likeness (QED) is 0.837. The summed E-state index contributed by atoms with van der Waals surface area (Å²) in [5, 5.41) is 0.651. The van der Waals surface area contributed by atoms with Crippen molar-refractivity contribution in [3.63, 3.8) is 0 Å². The molecule has 0 aromatic carbocycles. The summed E-state index contributed by atoms with van der Waals surface area (Å²) >= 11 is 9.28. The Labute approximate surface area is 98.4 Å². The van der Waals surface area contributed by atoms with E-state index >= 15 is 0 Å². The van der Waals surface area contributed by atoms with E-state index in [0.29, 0.717) is 11.1 Å². The minimum Gasteiger partial charge on any atom is -0.356 e. The smallest absolute Gasteiger partial charge is 0.142 e. The Morgan fingerprint density at radius 1 is 1.64 bits per heavy atom. The lowest BCUT2D eigenvalue weighted by molar-refractivity contribution is 0.656. The van der Waals surface area contributed by atoms with E-state index in [1.54, 1.807) is 6.20 Å². The number of nitrogens with zero attached hydrogens (tertiary/aromatic N) is 2. The molecule has 78 valence electrons. The third-order valence-electron chi connectivity index (χ3n) is 2.37. The van der Waals surface area contributed by atoms with Crippen LogP contribution in [0.1, 0.15) is 20.3 Å². The lowest BCUT2D eigenvalue weighted by atomic mass is 10.2. The van der Waals surface area contributed by atoms with E-state index in [1.165, 1.54) is 0 Å². The van der Waals surface area contributed by atoms with E-state index in [1.807, 2.05) is 13.1 Å². The zero-order valence-corrected chi connectivity index (χ0v) is 10.9. The van der Waals surface area contributed by atoms with Crippen LogP contribution in [-0.2, 0) is 0 Å². The van der Waals surface area contributed by atoms with Gasteiger partial charge in [-0.3, -0.25) is 0 Å². The number of rotatable bonds is 3. The van der Waals surface area contributed by atoms with E-state index < -0.39 is 0 Å². The molecule has 0 bridgehead atoms. The van der Waals surface area contributed by atoms with Crippen molar-refractivity contribution in [2.24, 2.45) is 0 Å². The van der Waals surface area contributed by atoms with Crippen molar-refractivity contribution in [2.45, 2.75) is 26.3 Å². The van der Waals surface area contributed by atoms with Gasteiger partial charge in [-0.25, -0.2) is 4.98 Å². The summed E-state index contributed by atoms with van der Waals surface area (Å²) in [6.45, 7) is 4.33. The summed E-state index contributed by atoms with van der Waals surface area (Å²) in [6.07, 6.45) is 2.76. The highest BCUT2D eigenvalue weighted by Gasteiger charge is 2.12. The third kappa shape index (κ3) is 2.61. The second-order valence-corrected chi connectivity index (χ2v) is 4.62. The Morgan fingerprint density at radius 2 is 2.29 bits per heavy atom. The molecule has 1 atom stereocenters. The van der Waals surface area contributed by atoms with E-state index in [-0.39, 0.29) is 0 Å². The maximum absolute atomic E-state index is 5.82. The van der Waals surface area contributed by atoms with E-state index in [2.05, 4.69) is 39.7 Å². The monoisotopic (exact) mass is 276 g/mol. The summed E-state index contributed by atoms with van der Waals surface area (Å²) in [5.41, 5.74) is 0. The maximum atomic E-state index is 5.82. The number of hydrogen-bond donors (Lipinski definition) is 0. The average molecular weight is 278 g/mol. The minimum atomic E-state index is 0.472. The van der Waals surface area contributed by atoms with Crippen LogP contribution in [0.25, 0.3) is 0 Å². The fourth-order valence-electron chi connectivity index (χ4n) is 1.15. The number of pyridine rings is 1. The standard InChI is InChI=1S/C10H14BrClN2/c1-4-7(2)14(3)10-9(11)5-8(12)6-13-10/h5-7H,4H2,1-3H3. The van der Waals surface area contributed by atoms with Gasteiger partial charge in [0, 0.05) is 19.3 Å². The van der Waals surface area contributed by atoms with Gasteiger partial charge in [0.05, 0.1) is 9.50 Å². The second-order valence-electron chi connectivity index (χ2n) is 3.33. The molecule has 4 heteroatoms. The van der Waals surface area contributed by atoms with Crippen molar-refractivity contribution >= 4 is 33.3 Å². The van der Waals surface area contributed by atoms with Crippen molar-refractivity contribution < 1.29 is 0 Å². The normalized spacial score (nSPS) is 12.6. The van der Waals surface area contributed by atoms with Gasteiger partial charge in [0.1, 0.15) is 5.82 Å². The van der Waals surface area contributed by atoms with Gasteiger partial charge in [0.2, 0.25) is 0 Å². The molecular weight excluding hydrogens is 263 g/mol. The number of anilines is 1. The highest BCUT2D eigenvalue weighted by atomic mass is 79.9. The molecule has 0 N–H and O–H groups in total. The predicted molar refractivity (Wildman–Crippen MR) is 65.1 cm³/mol. The first-order chi connectivity index (χ1) is 6.56. The van der Waals surface area contributed by atoms with E-state index in [4.69, 9.17) is 11.6 Å². The molecule has 0 aliphatic rings. The van der Waals surface area contributed by atoms with Crippen LogP contribution in [0.5, 0.6) is 0 Å². The first kappa shape index (κ1) is 11.8. The van der Waals surface area contributed by atoms with E-state index in [9.17, 15) is 0 Å². The molecule has 1 rings (SSSR count). The van der Waals surface area contributed by atoms with Crippen LogP contribution in [0.4, 0.5) is 5.82 Å². The van der Waals surface area contributed by atoms with Crippen LogP contribution in [-0.4, -0.2) is 18.1 Å². The molecule has 0 spiro atoms. The molecule has 0 aliphatic carbocycles. The topological polar surface area (TPSA) is 16.1 Å². The van der Waals surface area contributed by atoms with Crippen LogP contribution < -0.4 is 4.90 Å². The van der Waals surface area contributed by atoms with E-state index in [0.717, 1.165) is 16.7 Å². The second kappa shape index (κ2) is 4.99. The Hall–Kier alpha value is -0.280. The molecule has 0 saturated carbocycles. The van der Waals surface area contributed by atoms with Gasteiger partial charge >= 0.3 is 0 Å². The Kier molecular flexibility index (Phi) is 4.20. The van der Waals surface area contributed by atoms with Crippen LogP contribution in [0.2, 0.25) is 5.02 Å². The van der Waals surface area contributed by atoms with Gasteiger partial charge in [-0.05, 0) is 35.3 Å². The molecule has 0 amide bonds. The molecule has 1 aromatic heterocycles. The molecule has 1 heterocycles. The van der Waals surface area contributed by atoms with Gasteiger partial charge in [-0.1, -0.05) is 18.5 Å². The summed E-state index contributed by atoms with van der Waals surface area (Å²) in [7, 11) is 2.04. The van der Waals surface area contributed by atoms with Crippen LogP contribution in [0.15, 0.2) is 16.7 Å². The Morgan fingerprint density at radius 3 is 2.79 bits per heavy atom. The first-order valence-corrected chi connectivity index (χ1v) is 5.77. The number of halogens is 2. The highest BCUT2D eigenvalue weighted by molar-refractivity contribution is 9.10.